The molecule has 0 radical (unpaired) electrons. The second-order valence-corrected chi connectivity index (χ2v) is 12.2. The Hall–Kier alpha value is -5.66. The van der Waals surface area contributed by atoms with E-state index in [2.05, 4.69) is 31.2 Å². The molecule has 2 heterocycles. The number of thioether (sulfide) groups is 1. The van der Waals surface area contributed by atoms with Crippen molar-refractivity contribution in [2.24, 2.45) is 5.10 Å². The number of hydrogen-bond acceptors (Lipinski definition) is 5. The number of hydrogen-bond donors (Lipinski definition) is 0. The van der Waals surface area contributed by atoms with E-state index < -0.39 is 0 Å². The molecule has 0 saturated carbocycles. The van der Waals surface area contributed by atoms with Crippen LogP contribution in [0.25, 0.3) is 23.0 Å². The summed E-state index contributed by atoms with van der Waals surface area (Å²) >= 11 is 1.66. The molecule has 7 heteroatoms. The zero-order valence-corrected chi connectivity index (χ0v) is 26.7. The Morgan fingerprint density at radius 1 is 0.766 bits per heavy atom. The molecule has 0 spiro atoms. The molecular formula is C40H32N4O2S. The van der Waals surface area contributed by atoms with Gasteiger partial charge in [-0.1, -0.05) is 96.6 Å². The van der Waals surface area contributed by atoms with Gasteiger partial charge in [-0.15, -0.1) is 11.8 Å². The van der Waals surface area contributed by atoms with Gasteiger partial charge in [0.25, 0.3) is 5.91 Å². The zero-order chi connectivity index (χ0) is 32.0. The molecule has 0 saturated heterocycles. The zero-order valence-electron chi connectivity index (χ0n) is 25.9. The minimum Gasteiger partial charge on any atom is -0.489 e. The number of para-hydroxylation sites is 2. The maximum atomic E-state index is 14.1. The molecule has 0 atom stereocenters. The molecule has 7 rings (SSSR count). The molecule has 0 bridgehead atoms. The summed E-state index contributed by atoms with van der Waals surface area (Å²) in [6, 6.07) is 45.9. The predicted octanol–water partition coefficient (Wildman–Crippen LogP) is 9.01. The lowest BCUT2D eigenvalue weighted by Gasteiger charge is -2.11. The Kier molecular flexibility index (Phi) is 8.79. The molecule has 47 heavy (non-hydrogen) atoms. The van der Waals surface area contributed by atoms with Crippen molar-refractivity contribution in [2.75, 3.05) is 10.8 Å². The highest BCUT2D eigenvalue weighted by atomic mass is 32.2. The first-order chi connectivity index (χ1) is 23.1. The number of rotatable bonds is 10. The van der Waals surface area contributed by atoms with Crippen molar-refractivity contribution in [2.45, 2.75) is 18.4 Å². The number of carbonyl (C=O) groups is 1. The maximum absolute atomic E-state index is 14.1. The molecule has 6 nitrogen and oxygen atoms in total. The first-order valence-corrected chi connectivity index (χ1v) is 16.4. The van der Waals surface area contributed by atoms with E-state index in [1.165, 1.54) is 10.6 Å². The van der Waals surface area contributed by atoms with Crippen LogP contribution in [-0.4, -0.2) is 27.2 Å². The average molecular weight is 633 g/mol. The summed E-state index contributed by atoms with van der Waals surface area (Å²) in [5.74, 6) is 1.10. The van der Waals surface area contributed by atoms with Crippen LogP contribution in [0.4, 0.5) is 5.69 Å². The monoisotopic (exact) mass is 632 g/mol. The van der Waals surface area contributed by atoms with E-state index in [1.54, 1.807) is 11.8 Å². The quantitative estimate of drug-likeness (QED) is 0.112. The maximum Gasteiger partial charge on any atom is 0.280 e. The second kappa shape index (κ2) is 13.8. The topological polar surface area (TPSA) is 59.7 Å². The Bertz CT molecular complexity index is 2050. The minimum absolute atomic E-state index is 0.172. The molecule has 0 N–H and O–H groups in total. The van der Waals surface area contributed by atoms with Crippen LogP contribution in [0.3, 0.4) is 0 Å². The van der Waals surface area contributed by atoms with Crippen molar-refractivity contribution < 1.29 is 9.53 Å². The molecule has 0 aliphatic carbocycles. The number of aryl methyl sites for hydroxylation is 1. The van der Waals surface area contributed by atoms with E-state index >= 15 is 0 Å². The van der Waals surface area contributed by atoms with Gasteiger partial charge in [-0.25, -0.2) is 4.68 Å². The number of aromatic nitrogens is 2. The van der Waals surface area contributed by atoms with Gasteiger partial charge in [-0.05, 0) is 67.1 Å². The average Bonchev–Trinajstić information content (AvgIpc) is 3.69. The van der Waals surface area contributed by atoms with Crippen molar-refractivity contribution in [1.82, 2.24) is 9.78 Å². The molecule has 1 aliphatic heterocycles. The third kappa shape index (κ3) is 6.95. The Morgan fingerprint density at radius 3 is 2.17 bits per heavy atom. The number of amides is 1. The minimum atomic E-state index is -0.172. The van der Waals surface area contributed by atoms with Gasteiger partial charge in [-0.3, -0.25) is 4.79 Å². The molecule has 1 amide bonds. The first kappa shape index (κ1) is 30.0. The number of hydrazone groups is 1. The van der Waals surface area contributed by atoms with Gasteiger partial charge in [0.1, 0.15) is 18.1 Å². The van der Waals surface area contributed by atoms with Crippen molar-refractivity contribution in [1.29, 1.82) is 0 Å². The fraction of sp³-hybridized carbons (Fsp3) is 0.0750. The number of anilines is 1. The number of nitrogens with zero attached hydrogens (tertiary/aromatic N) is 4. The van der Waals surface area contributed by atoms with Gasteiger partial charge in [0.2, 0.25) is 0 Å². The van der Waals surface area contributed by atoms with Crippen LogP contribution in [0.5, 0.6) is 5.75 Å². The molecular weight excluding hydrogens is 601 g/mol. The summed E-state index contributed by atoms with van der Waals surface area (Å²) < 4.78 is 8.02. The largest absolute Gasteiger partial charge is 0.489 e. The lowest BCUT2D eigenvalue weighted by molar-refractivity contribution is -0.114. The third-order valence-corrected chi connectivity index (χ3v) is 8.79. The molecule has 6 aromatic rings. The predicted molar refractivity (Wildman–Crippen MR) is 191 cm³/mol. The molecule has 1 aromatic heterocycles. The summed E-state index contributed by atoms with van der Waals surface area (Å²) in [6.45, 7) is 2.53. The smallest absolute Gasteiger partial charge is 0.280 e. The number of benzene rings is 5. The van der Waals surface area contributed by atoms with Gasteiger partial charge in [0.05, 0.1) is 22.7 Å². The molecule has 0 fully saturated rings. The van der Waals surface area contributed by atoms with Crippen LogP contribution in [0.2, 0.25) is 0 Å². The highest BCUT2D eigenvalue weighted by Crippen LogP contribution is 2.32. The van der Waals surface area contributed by atoms with E-state index in [9.17, 15) is 4.79 Å². The fourth-order valence-corrected chi connectivity index (χ4v) is 6.14. The van der Waals surface area contributed by atoms with Gasteiger partial charge >= 0.3 is 0 Å². The van der Waals surface area contributed by atoms with Gasteiger partial charge in [0, 0.05) is 28.0 Å². The fourth-order valence-electron chi connectivity index (χ4n) is 5.30. The van der Waals surface area contributed by atoms with Crippen LogP contribution >= 0.6 is 11.8 Å². The third-order valence-electron chi connectivity index (χ3n) is 7.77. The van der Waals surface area contributed by atoms with Crippen LogP contribution in [0, 0.1) is 6.92 Å². The lowest BCUT2D eigenvalue weighted by Crippen LogP contribution is -2.21. The van der Waals surface area contributed by atoms with E-state index in [0.717, 1.165) is 44.4 Å². The van der Waals surface area contributed by atoms with Crippen LogP contribution < -0.4 is 9.75 Å². The van der Waals surface area contributed by atoms with Gasteiger partial charge in [0.15, 0.2) is 0 Å². The van der Waals surface area contributed by atoms with Crippen molar-refractivity contribution in [3.8, 4) is 22.7 Å². The second-order valence-electron chi connectivity index (χ2n) is 11.2. The van der Waals surface area contributed by atoms with E-state index in [1.807, 2.05) is 132 Å². The Morgan fingerprint density at radius 2 is 1.45 bits per heavy atom. The van der Waals surface area contributed by atoms with Gasteiger partial charge in [-0.2, -0.15) is 15.2 Å². The Labute approximate surface area is 278 Å². The van der Waals surface area contributed by atoms with Crippen LogP contribution in [0.1, 0.15) is 16.7 Å². The number of ether oxygens (including phenoxy) is 1. The summed E-state index contributed by atoms with van der Waals surface area (Å²) in [7, 11) is 0. The summed E-state index contributed by atoms with van der Waals surface area (Å²) in [5.41, 5.74) is 7.62. The van der Waals surface area contributed by atoms with Crippen molar-refractivity contribution >= 4 is 35.1 Å². The molecule has 0 unspecified atom stereocenters. The Balaban J connectivity index is 1.27. The highest BCUT2D eigenvalue weighted by molar-refractivity contribution is 8.00. The van der Waals surface area contributed by atoms with Gasteiger partial charge < -0.3 is 4.74 Å². The standard InChI is InChI=1S/C40H32N4O2S/c1-29-20-22-36(23-21-29)47-28-38-37(40(45)44(41-38)34-17-9-4-10-18-34)25-32-26-43(33-15-7-3-8-16-33)42-39(32)31-14-11-19-35(24-31)46-27-30-12-5-2-6-13-30/h2-26H,27-28H2,1H3. The summed E-state index contributed by atoms with van der Waals surface area (Å²) in [6.07, 6.45) is 3.90. The van der Waals surface area contributed by atoms with Crippen LogP contribution in [-0.2, 0) is 11.4 Å². The van der Waals surface area contributed by atoms with Crippen LogP contribution in [0.15, 0.2) is 161 Å². The first-order valence-electron chi connectivity index (χ1n) is 15.4. The molecule has 5 aromatic carbocycles. The van der Waals surface area contributed by atoms with E-state index in [0.29, 0.717) is 23.6 Å². The molecule has 1 aliphatic rings. The van der Waals surface area contributed by atoms with Crippen molar-refractivity contribution in [3.63, 3.8) is 0 Å². The SMILES string of the molecule is Cc1ccc(SCC2=NN(c3ccccc3)C(=O)C2=Cc2cn(-c3ccccc3)nc2-c2cccc(OCc3ccccc3)c2)cc1. The summed E-state index contributed by atoms with van der Waals surface area (Å²) in [5, 5.41) is 11.4. The molecule has 230 valence electrons. The highest BCUT2D eigenvalue weighted by Gasteiger charge is 2.31. The van der Waals surface area contributed by atoms with E-state index in [-0.39, 0.29) is 5.91 Å². The normalized spacial score (nSPS) is 13.6. The number of carbonyl (C=O) groups excluding carboxylic acids is 1. The van der Waals surface area contributed by atoms with E-state index in [4.69, 9.17) is 14.9 Å². The van der Waals surface area contributed by atoms with Crippen molar-refractivity contribution in [3.05, 3.63) is 168 Å². The lowest BCUT2D eigenvalue weighted by atomic mass is 10.0. The summed E-state index contributed by atoms with van der Waals surface area (Å²) in [4.78, 5) is 15.2.